The van der Waals surface area contributed by atoms with Crippen LogP contribution in [0.2, 0.25) is 0 Å². The molecule has 1 amide bonds. The van der Waals surface area contributed by atoms with E-state index < -0.39 is 15.9 Å². The van der Waals surface area contributed by atoms with Gasteiger partial charge in [-0.2, -0.15) is 0 Å². The number of carbonyl (C=O) groups is 1. The Bertz CT molecular complexity index is 311. The number of sulfone groups is 1. The van der Waals surface area contributed by atoms with Crippen molar-refractivity contribution in [1.29, 1.82) is 0 Å². The molecule has 82 valence electrons. The monoisotopic (exact) mass is 220 g/mol. The van der Waals surface area contributed by atoms with Gasteiger partial charge in [0.2, 0.25) is 5.91 Å². The maximum Gasteiger partial charge on any atom is 0.239 e. The molecule has 0 unspecified atom stereocenters. The van der Waals surface area contributed by atoms with E-state index in [9.17, 15) is 13.2 Å². The molecule has 14 heavy (non-hydrogen) atoms. The Morgan fingerprint density at radius 3 is 2.57 bits per heavy atom. The van der Waals surface area contributed by atoms with Gasteiger partial charge in [-0.3, -0.25) is 4.79 Å². The molecular weight excluding hydrogens is 204 g/mol. The summed E-state index contributed by atoms with van der Waals surface area (Å²) >= 11 is 0. The quantitative estimate of drug-likeness (QED) is 0.613. The summed E-state index contributed by atoms with van der Waals surface area (Å²) < 4.78 is 22.5. The number of hydrogen-bond acceptors (Lipinski definition) is 4. The second-order valence-electron chi connectivity index (χ2n) is 3.62. The van der Waals surface area contributed by atoms with Crippen LogP contribution >= 0.6 is 0 Å². The molecule has 0 aromatic carbocycles. The zero-order valence-corrected chi connectivity index (χ0v) is 9.09. The Kier molecular flexibility index (Phi) is 3.49. The van der Waals surface area contributed by atoms with Crippen LogP contribution in [0.15, 0.2) is 0 Å². The SMILES string of the molecule is C[C@@H](N)C(=O)N1CCCS(=O)(=O)CC1. The summed E-state index contributed by atoms with van der Waals surface area (Å²) in [6, 6.07) is -0.546. The van der Waals surface area contributed by atoms with E-state index in [1.165, 1.54) is 4.90 Å². The fourth-order valence-electron chi connectivity index (χ4n) is 1.45. The van der Waals surface area contributed by atoms with E-state index in [4.69, 9.17) is 5.73 Å². The van der Waals surface area contributed by atoms with Crippen LogP contribution in [-0.2, 0) is 14.6 Å². The number of rotatable bonds is 1. The second kappa shape index (κ2) is 4.27. The van der Waals surface area contributed by atoms with Crippen LogP contribution in [0.4, 0.5) is 0 Å². The topological polar surface area (TPSA) is 80.5 Å². The lowest BCUT2D eigenvalue weighted by molar-refractivity contribution is -0.131. The van der Waals surface area contributed by atoms with E-state index in [1.807, 2.05) is 0 Å². The van der Waals surface area contributed by atoms with Gasteiger partial charge in [0, 0.05) is 13.1 Å². The number of nitrogens with two attached hydrogens (primary N) is 1. The van der Waals surface area contributed by atoms with Crippen molar-refractivity contribution in [2.24, 2.45) is 5.73 Å². The minimum atomic E-state index is -2.95. The van der Waals surface area contributed by atoms with Crippen LogP contribution in [0.5, 0.6) is 0 Å². The Labute approximate surface area is 84.2 Å². The highest BCUT2D eigenvalue weighted by Gasteiger charge is 2.23. The van der Waals surface area contributed by atoms with Crippen LogP contribution in [-0.4, -0.2) is 49.9 Å². The molecule has 1 fully saturated rings. The standard InChI is InChI=1S/C8H16N2O3S/c1-7(9)8(11)10-3-2-5-14(12,13)6-4-10/h7H,2-6,9H2,1H3/t7-/m1/s1. The summed E-state index contributed by atoms with van der Waals surface area (Å²) in [6.45, 7) is 2.39. The lowest BCUT2D eigenvalue weighted by atomic mass is 10.3. The summed E-state index contributed by atoms with van der Waals surface area (Å²) in [6.07, 6.45) is 0.515. The summed E-state index contributed by atoms with van der Waals surface area (Å²) in [7, 11) is -2.95. The molecule has 1 aliphatic rings. The van der Waals surface area contributed by atoms with Crippen molar-refractivity contribution < 1.29 is 13.2 Å². The van der Waals surface area contributed by atoms with Crippen LogP contribution in [0.25, 0.3) is 0 Å². The lowest BCUT2D eigenvalue weighted by Crippen LogP contribution is -2.43. The van der Waals surface area contributed by atoms with Crippen molar-refractivity contribution >= 4 is 15.7 Å². The molecule has 0 bridgehead atoms. The van der Waals surface area contributed by atoms with Crippen molar-refractivity contribution in [3.05, 3.63) is 0 Å². The third-order valence-electron chi connectivity index (χ3n) is 2.26. The second-order valence-corrected chi connectivity index (χ2v) is 5.92. The summed E-state index contributed by atoms with van der Waals surface area (Å²) in [5, 5.41) is 0. The van der Waals surface area contributed by atoms with Crippen molar-refractivity contribution in [3.8, 4) is 0 Å². The molecule has 1 saturated heterocycles. The third kappa shape index (κ3) is 2.95. The minimum Gasteiger partial charge on any atom is -0.340 e. The van der Waals surface area contributed by atoms with Gasteiger partial charge < -0.3 is 10.6 Å². The minimum absolute atomic E-state index is 0.0610. The number of amides is 1. The summed E-state index contributed by atoms with van der Waals surface area (Å²) in [5.41, 5.74) is 5.44. The molecule has 0 spiro atoms. The van der Waals surface area contributed by atoms with Crippen molar-refractivity contribution in [1.82, 2.24) is 4.90 Å². The van der Waals surface area contributed by atoms with Crippen LogP contribution in [0.1, 0.15) is 13.3 Å². The first kappa shape index (κ1) is 11.5. The van der Waals surface area contributed by atoms with Crippen molar-refractivity contribution in [2.45, 2.75) is 19.4 Å². The average Bonchev–Trinajstić information content (AvgIpc) is 2.25. The van der Waals surface area contributed by atoms with E-state index in [1.54, 1.807) is 6.92 Å². The van der Waals surface area contributed by atoms with Gasteiger partial charge in [-0.15, -0.1) is 0 Å². The average molecular weight is 220 g/mol. The van der Waals surface area contributed by atoms with E-state index >= 15 is 0 Å². The number of carbonyl (C=O) groups excluding carboxylic acids is 1. The van der Waals surface area contributed by atoms with Gasteiger partial charge in [0.15, 0.2) is 9.84 Å². The molecule has 6 heteroatoms. The Balaban J connectivity index is 2.63. The maximum atomic E-state index is 11.5. The maximum absolute atomic E-state index is 11.5. The highest BCUT2D eigenvalue weighted by atomic mass is 32.2. The first-order valence-corrected chi connectivity index (χ1v) is 6.49. The summed E-state index contributed by atoms with van der Waals surface area (Å²) in [5.74, 6) is 0.0726. The van der Waals surface area contributed by atoms with E-state index in [2.05, 4.69) is 0 Å². The molecule has 0 aromatic rings. The lowest BCUT2D eigenvalue weighted by Gasteiger charge is -2.21. The van der Waals surface area contributed by atoms with Gasteiger partial charge in [-0.25, -0.2) is 8.42 Å². The molecule has 5 nitrogen and oxygen atoms in total. The molecule has 2 N–H and O–H groups in total. The van der Waals surface area contributed by atoms with Gasteiger partial charge in [0.05, 0.1) is 17.5 Å². The third-order valence-corrected chi connectivity index (χ3v) is 3.97. The zero-order chi connectivity index (χ0) is 10.8. The van der Waals surface area contributed by atoms with E-state index in [-0.39, 0.29) is 24.0 Å². The van der Waals surface area contributed by atoms with E-state index in [0.717, 1.165) is 0 Å². The molecule has 1 aliphatic heterocycles. The smallest absolute Gasteiger partial charge is 0.239 e. The molecule has 1 atom stereocenters. The predicted molar refractivity (Wildman–Crippen MR) is 53.5 cm³/mol. The van der Waals surface area contributed by atoms with Crippen molar-refractivity contribution in [2.75, 3.05) is 24.6 Å². The predicted octanol–water partition coefficient (Wildman–Crippen LogP) is -1.02. The molecular formula is C8H16N2O3S. The van der Waals surface area contributed by atoms with Crippen LogP contribution in [0, 0.1) is 0 Å². The molecule has 0 saturated carbocycles. The fraction of sp³-hybridized carbons (Fsp3) is 0.875. The largest absolute Gasteiger partial charge is 0.340 e. The van der Waals surface area contributed by atoms with Gasteiger partial charge in [-0.1, -0.05) is 0 Å². The zero-order valence-electron chi connectivity index (χ0n) is 8.27. The molecule has 0 aliphatic carbocycles. The van der Waals surface area contributed by atoms with Gasteiger partial charge in [-0.05, 0) is 13.3 Å². The number of hydrogen-bond donors (Lipinski definition) is 1. The Hall–Kier alpha value is -0.620. The Morgan fingerprint density at radius 2 is 2.00 bits per heavy atom. The first-order chi connectivity index (χ1) is 6.42. The van der Waals surface area contributed by atoms with Gasteiger partial charge >= 0.3 is 0 Å². The van der Waals surface area contributed by atoms with Crippen molar-refractivity contribution in [3.63, 3.8) is 0 Å². The summed E-state index contributed by atoms with van der Waals surface area (Å²) in [4.78, 5) is 13.0. The molecule has 1 heterocycles. The highest BCUT2D eigenvalue weighted by Crippen LogP contribution is 2.05. The normalized spacial score (nSPS) is 24.0. The van der Waals surface area contributed by atoms with E-state index in [0.29, 0.717) is 13.0 Å². The molecule has 1 rings (SSSR count). The fourth-order valence-corrected chi connectivity index (χ4v) is 2.72. The van der Waals surface area contributed by atoms with Crippen LogP contribution < -0.4 is 5.73 Å². The van der Waals surface area contributed by atoms with Gasteiger partial charge in [0.25, 0.3) is 0 Å². The van der Waals surface area contributed by atoms with Gasteiger partial charge in [0.1, 0.15) is 0 Å². The molecule has 0 radical (unpaired) electrons. The Morgan fingerprint density at radius 1 is 1.36 bits per heavy atom. The van der Waals surface area contributed by atoms with Crippen LogP contribution in [0.3, 0.4) is 0 Å². The highest BCUT2D eigenvalue weighted by molar-refractivity contribution is 7.91. The number of nitrogens with zero attached hydrogens (tertiary/aromatic N) is 1. The molecule has 0 aromatic heterocycles. The first-order valence-electron chi connectivity index (χ1n) is 4.67.